The maximum absolute atomic E-state index is 12.4. The van der Waals surface area contributed by atoms with Crippen molar-refractivity contribution in [3.8, 4) is 5.75 Å². The van der Waals surface area contributed by atoms with E-state index in [1.54, 1.807) is 6.07 Å². The second kappa shape index (κ2) is 6.18. The number of ether oxygens (including phenoxy) is 1. The molecule has 0 heterocycles. The van der Waals surface area contributed by atoms with Gasteiger partial charge in [0, 0.05) is 5.02 Å². The van der Waals surface area contributed by atoms with E-state index in [1.165, 1.54) is 24.3 Å². The van der Waals surface area contributed by atoms with Gasteiger partial charge in [0.1, 0.15) is 12.4 Å². The van der Waals surface area contributed by atoms with Gasteiger partial charge in [-0.3, -0.25) is 4.79 Å². The molecule has 0 N–H and O–H groups in total. The van der Waals surface area contributed by atoms with E-state index in [0.717, 1.165) is 12.1 Å². The van der Waals surface area contributed by atoms with Crippen molar-refractivity contribution in [1.82, 2.24) is 0 Å². The van der Waals surface area contributed by atoms with Crippen LogP contribution in [0.4, 0.5) is 13.2 Å². The summed E-state index contributed by atoms with van der Waals surface area (Å²) in [6, 6.07) is 9.20. The highest BCUT2D eigenvalue weighted by atomic mass is 35.5. The lowest BCUT2D eigenvalue weighted by Gasteiger charge is -2.10. The quantitative estimate of drug-likeness (QED) is 0.761. The summed E-state index contributed by atoms with van der Waals surface area (Å²) in [5, 5.41) is 0.402. The topological polar surface area (TPSA) is 26.3 Å². The van der Waals surface area contributed by atoms with Gasteiger partial charge in [-0.25, -0.2) is 0 Å². The standard InChI is InChI=1S/C15H10ClF3O2/c16-13-5-6-14(11(7-13)8-20)21-9-10-1-3-12(4-2-10)15(17,18)19/h1-8H,9H2. The Bertz CT molecular complexity index is 636. The number of alkyl halides is 3. The fourth-order valence-electron chi connectivity index (χ4n) is 1.69. The third-order valence-electron chi connectivity index (χ3n) is 2.77. The zero-order valence-corrected chi connectivity index (χ0v) is 11.4. The molecule has 110 valence electrons. The monoisotopic (exact) mass is 314 g/mol. The lowest BCUT2D eigenvalue weighted by molar-refractivity contribution is -0.137. The first kappa shape index (κ1) is 15.4. The van der Waals surface area contributed by atoms with E-state index >= 15 is 0 Å². The molecule has 0 aliphatic rings. The number of aldehydes is 1. The van der Waals surface area contributed by atoms with Crippen LogP contribution in [0.15, 0.2) is 42.5 Å². The summed E-state index contributed by atoms with van der Waals surface area (Å²) in [5.41, 5.74) is 0.135. The van der Waals surface area contributed by atoms with E-state index in [9.17, 15) is 18.0 Å². The van der Waals surface area contributed by atoms with E-state index in [1.807, 2.05) is 0 Å². The van der Waals surface area contributed by atoms with Gasteiger partial charge in [0.2, 0.25) is 0 Å². The zero-order valence-electron chi connectivity index (χ0n) is 10.7. The number of hydrogen-bond donors (Lipinski definition) is 0. The van der Waals surface area contributed by atoms with Crippen molar-refractivity contribution in [2.24, 2.45) is 0 Å². The second-order valence-corrected chi connectivity index (χ2v) is 4.72. The SMILES string of the molecule is O=Cc1cc(Cl)ccc1OCc1ccc(C(F)(F)F)cc1. The summed E-state index contributed by atoms with van der Waals surface area (Å²) in [6.07, 6.45) is -3.76. The molecule has 2 aromatic rings. The Kier molecular flexibility index (Phi) is 4.53. The van der Waals surface area contributed by atoms with Crippen LogP contribution in [-0.4, -0.2) is 6.29 Å². The zero-order chi connectivity index (χ0) is 15.5. The number of carbonyl (C=O) groups excluding carboxylic acids is 1. The molecular weight excluding hydrogens is 305 g/mol. The van der Waals surface area contributed by atoms with Crippen molar-refractivity contribution in [2.45, 2.75) is 12.8 Å². The van der Waals surface area contributed by atoms with Crippen molar-refractivity contribution >= 4 is 17.9 Å². The minimum absolute atomic E-state index is 0.0562. The molecule has 0 amide bonds. The summed E-state index contributed by atoms with van der Waals surface area (Å²) in [6.45, 7) is 0.0562. The third kappa shape index (κ3) is 3.98. The van der Waals surface area contributed by atoms with E-state index in [2.05, 4.69) is 0 Å². The molecule has 0 saturated carbocycles. The van der Waals surface area contributed by atoms with Gasteiger partial charge in [-0.1, -0.05) is 23.7 Å². The Balaban J connectivity index is 2.08. The Hall–Kier alpha value is -2.01. The van der Waals surface area contributed by atoms with E-state index in [4.69, 9.17) is 16.3 Å². The van der Waals surface area contributed by atoms with Crippen LogP contribution >= 0.6 is 11.6 Å². The van der Waals surface area contributed by atoms with E-state index in [0.29, 0.717) is 22.6 Å². The first-order valence-corrected chi connectivity index (χ1v) is 6.31. The maximum atomic E-state index is 12.4. The van der Waals surface area contributed by atoms with Crippen LogP contribution in [0.5, 0.6) is 5.75 Å². The molecule has 21 heavy (non-hydrogen) atoms. The van der Waals surface area contributed by atoms with E-state index < -0.39 is 11.7 Å². The van der Waals surface area contributed by atoms with Gasteiger partial charge in [-0.05, 0) is 35.9 Å². The molecule has 0 radical (unpaired) electrons. The molecule has 6 heteroatoms. The van der Waals surface area contributed by atoms with Gasteiger partial charge >= 0.3 is 6.18 Å². The smallest absolute Gasteiger partial charge is 0.416 e. The van der Waals surface area contributed by atoms with Gasteiger partial charge in [0.05, 0.1) is 11.1 Å². The Labute approximate surface area is 124 Å². The number of rotatable bonds is 4. The van der Waals surface area contributed by atoms with Gasteiger partial charge in [0.25, 0.3) is 0 Å². The summed E-state index contributed by atoms with van der Waals surface area (Å²) in [4.78, 5) is 10.9. The molecule has 0 unspecified atom stereocenters. The Morgan fingerprint density at radius 1 is 1.10 bits per heavy atom. The lowest BCUT2D eigenvalue weighted by atomic mass is 10.1. The van der Waals surface area contributed by atoms with Gasteiger partial charge in [-0.15, -0.1) is 0 Å². The normalized spacial score (nSPS) is 11.2. The Morgan fingerprint density at radius 3 is 2.33 bits per heavy atom. The van der Waals surface area contributed by atoms with Crippen LogP contribution in [0.1, 0.15) is 21.5 Å². The molecule has 0 bridgehead atoms. The summed E-state index contributed by atoms with van der Waals surface area (Å²) < 4.78 is 42.7. The molecular formula is C15H10ClF3O2. The molecule has 2 nitrogen and oxygen atoms in total. The number of carbonyl (C=O) groups is 1. The van der Waals surface area contributed by atoms with E-state index in [-0.39, 0.29) is 12.2 Å². The fraction of sp³-hybridized carbons (Fsp3) is 0.133. The predicted octanol–water partition coefficient (Wildman–Crippen LogP) is 4.75. The average Bonchev–Trinajstić information content (AvgIpc) is 2.45. The summed E-state index contributed by atoms with van der Waals surface area (Å²) in [7, 11) is 0. The van der Waals surface area contributed by atoms with Crippen LogP contribution in [-0.2, 0) is 12.8 Å². The highest BCUT2D eigenvalue weighted by molar-refractivity contribution is 6.30. The van der Waals surface area contributed by atoms with Crippen LogP contribution in [0, 0.1) is 0 Å². The van der Waals surface area contributed by atoms with Crippen LogP contribution in [0.3, 0.4) is 0 Å². The van der Waals surface area contributed by atoms with Crippen molar-refractivity contribution in [2.75, 3.05) is 0 Å². The molecule has 0 atom stereocenters. The molecule has 0 aliphatic heterocycles. The van der Waals surface area contributed by atoms with Crippen LogP contribution in [0.25, 0.3) is 0 Å². The summed E-state index contributed by atoms with van der Waals surface area (Å²) >= 11 is 5.75. The molecule has 0 aromatic heterocycles. The number of halogens is 4. The van der Waals surface area contributed by atoms with Gasteiger partial charge in [0.15, 0.2) is 6.29 Å². The highest BCUT2D eigenvalue weighted by Gasteiger charge is 2.29. The minimum Gasteiger partial charge on any atom is -0.488 e. The number of hydrogen-bond acceptors (Lipinski definition) is 2. The lowest BCUT2D eigenvalue weighted by Crippen LogP contribution is -2.05. The second-order valence-electron chi connectivity index (χ2n) is 4.28. The summed E-state index contributed by atoms with van der Waals surface area (Å²) in [5.74, 6) is 0.328. The maximum Gasteiger partial charge on any atom is 0.416 e. The largest absolute Gasteiger partial charge is 0.488 e. The highest BCUT2D eigenvalue weighted by Crippen LogP contribution is 2.29. The van der Waals surface area contributed by atoms with Crippen molar-refractivity contribution in [1.29, 1.82) is 0 Å². The first-order chi connectivity index (χ1) is 9.90. The number of benzene rings is 2. The predicted molar refractivity (Wildman–Crippen MR) is 72.6 cm³/mol. The van der Waals surface area contributed by atoms with Crippen molar-refractivity contribution in [3.05, 3.63) is 64.2 Å². The minimum atomic E-state index is -4.36. The molecule has 0 aliphatic carbocycles. The third-order valence-corrected chi connectivity index (χ3v) is 3.01. The van der Waals surface area contributed by atoms with Gasteiger partial charge < -0.3 is 4.74 Å². The first-order valence-electron chi connectivity index (χ1n) is 5.94. The molecule has 0 saturated heterocycles. The van der Waals surface area contributed by atoms with Crippen LogP contribution < -0.4 is 4.74 Å². The average molecular weight is 315 g/mol. The van der Waals surface area contributed by atoms with Crippen LogP contribution in [0.2, 0.25) is 5.02 Å². The fourth-order valence-corrected chi connectivity index (χ4v) is 1.87. The molecule has 2 aromatic carbocycles. The molecule has 0 spiro atoms. The van der Waals surface area contributed by atoms with Crippen molar-refractivity contribution in [3.63, 3.8) is 0 Å². The Morgan fingerprint density at radius 2 is 1.76 bits per heavy atom. The molecule has 0 fully saturated rings. The van der Waals surface area contributed by atoms with Gasteiger partial charge in [-0.2, -0.15) is 13.2 Å². The van der Waals surface area contributed by atoms with Crippen molar-refractivity contribution < 1.29 is 22.7 Å². The molecule has 2 rings (SSSR count).